The van der Waals surface area contributed by atoms with E-state index in [9.17, 15) is 0 Å². The normalized spacial score (nSPS) is 14.9. The summed E-state index contributed by atoms with van der Waals surface area (Å²) in [5.41, 5.74) is 7.58. The zero-order valence-electron chi connectivity index (χ0n) is 16.9. The molecule has 1 heteroatoms. The van der Waals surface area contributed by atoms with Crippen molar-refractivity contribution in [1.29, 1.82) is 0 Å². The first-order chi connectivity index (χ1) is 12.6. The summed E-state index contributed by atoms with van der Waals surface area (Å²) in [7, 11) is 4.30. The van der Waals surface area contributed by atoms with Gasteiger partial charge in [-0.1, -0.05) is 81.3 Å². The van der Waals surface area contributed by atoms with Gasteiger partial charge in [0.15, 0.2) is 0 Å². The lowest BCUT2D eigenvalue weighted by atomic mass is 9.61. The van der Waals surface area contributed by atoms with Crippen LogP contribution in [0.5, 0.6) is 0 Å². The molecule has 0 atom stereocenters. The van der Waals surface area contributed by atoms with Crippen molar-refractivity contribution in [2.75, 3.05) is 20.6 Å². The molecule has 0 radical (unpaired) electrons. The van der Waals surface area contributed by atoms with Crippen LogP contribution in [0.1, 0.15) is 68.2 Å². The van der Waals surface area contributed by atoms with Gasteiger partial charge in [-0.3, -0.25) is 0 Å². The van der Waals surface area contributed by atoms with Gasteiger partial charge >= 0.3 is 0 Å². The third-order valence-corrected chi connectivity index (χ3v) is 5.74. The highest BCUT2D eigenvalue weighted by Crippen LogP contribution is 2.51. The molecule has 138 valence electrons. The van der Waals surface area contributed by atoms with Crippen LogP contribution in [-0.4, -0.2) is 25.5 Å². The van der Waals surface area contributed by atoms with E-state index < -0.39 is 0 Å². The second-order valence-electron chi connectivity index (χ2n) is 7.88. The van der Waals surface area contributed by atoms with Gasteiger partial charge in [0.1, 0.15) is 0 Å². The molecular weight excluding hydrogens is 314 g/mol. The maximum absolute atomic E-state index is 2.46. The molecule has 0 aromatic heterocycles. The lowest BCUT2D eigenvalue weighted by Gasteiger charge is -2.42. The molecule has 0 saturated carbocycles. The summed E-state index contributed by atoms with van der Waals surface area (Å²) in [4.78, 5) is 2.26. The molecule has 26 heavy (non-hydrogen) atoms. The molecular formula is C25H33N. The Morgan fingerprint density at radius 2 is 1.31 bits per heavy atom. The molecule has 0 heterocycles. The molecule has 1 aliphatic carbocycles. The smallest absolute Gasteiger partial charge is 0.0215 e. The van der Waals surface area contributed by atoms with E-state index >= 15 is 0 Å². The first kappa shape index (κ1) is 18.9. The average Bonchev–Trinajstić information content (AvgIpc) is 2.65. The summed E-state index contributed by atoms with van der Waals surface area (Å²) < 4.78 is 0. The van der Waals surface area contributed by atoms with Crippen molar-refractivity contribution in [1.82, 2.24) is 4.90 Å². The predicted molar refractivity (Wildman–Crippen MR) is 114 cm³/mol. The molecule has 0 spiro atoms. The number of rotatable bonds is 7. The van der Waals surface area contributed by atoms with E-state index in [0.29, 0.717) is 0 Å². The fraction of sp³-hybridized carbons (Fsp3) is 0.440. The van der Waals surface area contributed by atoms with E-state index in [4.69, 9.17) is 0 Å². The molecule has 1 nitrogen and oxygen atoms in total. The van der Waals surface area contributed by atoms with Crippen molar-refractivity contribution in [2.24, 2.45) is 0 Å². The minimum atomic E-state index is 0.162. The Kier molecular flexibility index (Phi) is 5.98. The van der Waals surface area contributed by atoms with Crippen molar-refractivity contribution in [2.45, 2.75) is 51.4 Å². The fourth-order valence-electron chi connectivity index (χ4n) is 4.76. The molecule has 0 amide bonds. The predicted octanol–water partition coefficient (Wildman–Crippen LogP) is 6.27. The second kappa shape index (κ2) is 8.22. The highest BCUT2D eigenvalue weighted by molar-refractivity contribution is 5.87. The number of benzene rings is 2. The Balaban J connectivity index is 2.21. The van der Waals surface area contributed by atoms with Crippen molar-refractivity contribution in [3.05, 3.63) is 76.9 Å². The summed E-state index contributed by atoms with van der Waals surface area (Å²) in [5.74, 6) is 0. The summed E-state index contributed by atoms with van der Waals surface area (Å²) in [6, 6.07) is 18.3. The maximum Gasteiger partial charge on any atom is 0.0215 e. The molecule has 2 aromatic rings. The van der Waals surface area contributed by atoms with Crippen LogP contribution in [0.3, 0.4) is 0 Å². The van der Waals surface area contributed by atoms with Crippen molar-refractivity contribution < 1.29 is 0 Å². The van der Waals surface area contributed by atoms with Gasteiger partial charge in [0.2, 0.25) is 0 Å². The Hall–Kier alpha value is -1.86. The number of hydrogen-bond acceptors (Lipinski definition) is 1. The summed E-state index contributed by atoms with van der Waals surface area (Å²) >= 11 is 0. The van der Waals surface area contributed by atoms with E-state index in [1.165, 1.54) is 42.4 Å². The highest BCUT2D eigenvalue weighted by Gasteiger charge is 2.40. The molecule has 0 unspecified atom stereocenters. The van der Waals surface area contributed by atoms with E-state index in [-0.39, 0.29) is 5.41 Å². The van der Waals surface area contributed by atoms with Gasteiger partial charge in [-0.15, -0.1) is 0 Å². The molecule has 0 aliphatic heterocycles. The third kappa shape index (κ3) is 3.38. The fourth-order valence-corrected chi connectivity index (χ4v) is 4.76. The lowest BCUT2D eigenvalue weighted by molar-refractivity contribution is 0.416. The van der Waals surface area contributed by atoms with Gasteiger partial charge in [0.05, 0.1) is 0 Å². The van der Waals surface area contributed by atoms with E-state index in [1.807, 2.05) is 0 Å². The van der Waals surface area contributed by atoms with Gasteiger partial charge in [-0.05, 0) is 61.2 Å². The van der Waals surface area contributed by atoms with Gasteiger partial charge < -0.3 is 4.90 Å². The third-order valence-electron chi connectivity index (χ3n) is 5.74. The monoisotopic (exact) mass is 347 g/mol. The van der Waals surface area contributed by atoms with Gasteiger partial charge in [-0.2, -0.15) is 0 Å². The summed E-state index contributed by atoms with van der Waals surface area (Å²) in [6.45, 7) is 5.74. The second-order valence-corrected chi connectivity index (χ2v) is 7.88. The van der Waals surface area contributed by atoms with Crippen molar-refractivity contribution in [3.8, 4) is 0 Å². The van der Waals surface area contributed by atoms with Crippen molar-refractivity contribution >= 4 is 5.57 Å². The molecule has 3 rings (SSSR count). The Morgan fingerprint density at radius 1 is 0.808 bits per heavy atom. The minimum absolute atomic E-state index is 0.162. The number of fused-ring (bicyclic) bond motifs is 2. The zero-order chi connectivity index (χ0) is 18.6. The summed E-state index contributed by atoms with van der Waals surface area (Å²) in [5, 5.41) is 0. The molecule has 1 aliphatic rings. The Bertz CT molecular complexity index is 712. The standard InChI is InChI=1S/C25H33N/c1-5-17-25(18-6-2)23-15-9-7-12-21(23)20(14-11-19-26(3)4)22-13-8-10-16-24(22)25/h7-10,12-16H,5-6,11,17-19H2,1-4H3. The first-order valence-corrected chi connectivity index (χ1v) is 10.2. The van der Waals surface area contributed by atoms with E-state index in [1.54, 1.807) is 11.1 Å². The van der Waals surface area contributed by atoms with Crippen LogP contribution in [0.15, 0.2) is 54.6 Å². The number of hydrogen-bond donors (Lipinski definition) is 0. The lowest BCUT2D eigenvalue weighted by Crippen LogP contribution is -2.33. The number of nitrogens with zero attached hydrogens (tertiary/aromatic N) is 1. The minimum Gasteiger partial charge on any atom is -0.309 e. The van der Waals surface area contributed by atoms with Crippen LogP contribution in [0, 0.1) is 0 Å². The average molecular weight is 348 g/mol. The highest BCUT2D eigenvalue weighted by atomic mass is 15.0. The topological polar surface area (TPSA) is 3.24 Å². The van der Waals surface area contributed by atoms with Crippen LogP contribution >= 0.6 is 0 Å². The summed E-state index contributed by atoms with van der Waals surface area (Å²) in [6.07, 6.45) is 8.41. The Labute approximate surface area is 159 Å². The molecule has 0 bridgehead atoms. The van der Waals surface area contributed by atoms with Crippen LogP contribution in [0.4, 0.5) is 0 Å². The van der Waals surface area contributed by atoms with Crippen LogP contribution in [-0.2, 0) is 5.41 Å². The van der Waals surface area contributed by atoms with Gasteiger partial charge in [-0.25, -0.2) is 0 Å². The van der Waals surface area contributed by atoms with Gasteiger partial charge in [0, 0.05) is 12.0 Å². The molecule has 0 N–H and O–H groups in total. The first-order valence-electron chi connectivity index (χ1n) is 10.2. The SMILES string of the molecule is CCCC1(CCC)c2ccccc2C(=CCCN(C)C)c2ccccc21. The zero-order valence-corrected chi connectivity index (χ0v) is 16.9. The van der Waals surface area contributed by atoms with Crippen LogP contribution in [0.25, 0.3) is 5.57 Å². The Morgan fingerprint density at radius 3 is 1.77 bits per heavy atom. The molecule has 0 fully saturated rings. The molecule has 0 saturated heterocycles. The maximum atomic E-state index is 2.46. The van der Waals surface area contributed by atoms with Crippen molar-refractivity contribution in [3.63, 3.8) is 0 Å². The van der Waals surface area contributed by atoms with Gasteiger partial charge in [0.25, 0.3) is 0 Å². The quantitative estimate of drug-likeness (QED) is 0.570. The van der Waals surface area contributed by atoms with Crippen LogP contribution < -0.4 is 0 Å². The molecule has 2 aromatic carbocycles. The largest absolute Gasteiger partial charge is 0.309 e. The van der Waals surface area contributed by atoms with E-state index in [0.717, 1.165) is 13.0 Å². The van der Waals surface area contributed by atoms with Crippen LogP contribution in [0.2, 0.25) is 0 Å². The van der Waals surface area contributed by atoms with E-state index in [2.05, 4.69) is 87.4 Å².